The second-order valence-electron chi connectivity index (χ2n) is 7.21. The SMILES string of the molecule is COc1ccc(/C=C/c2c(OC)cc(OC)c3c(=O)cc(-c4ccc(OC)cc4)oc23)cc1. The topological polar surface area (TPSA) is 67.1 Å². The van der Waals surface area contributed by atoms with Crippen LogP contribution >= 0.6 is 0 Å². The first-order valence-electron chi connectivity index (χ1n) is 10.3. The molecule has 3 aromatic carbocycles. The van der Waals surface area contributed by atoms with Gasteiger partial charge in [0.15, 0.2) is 11.0 Å². The van der Waals surface area contributed by atoms with E-state index >= 15 is 0 Å². The summed E-state index contributed by atoms with van der Waals surface area (Å²) >= 11 is 0. The van der Waals surface area contributed by atoms with Crippen molar-refractivity contribution in [1.29, 1.82) is 0 Å². The maximum atomic E-state index is 13.1. The van der Waals surface area contributed by atoms with Gasteiger partial charge in [0, 0.05) is 17.7 Å². The van der Waals surface area contributed by atoms with Crippen LogP contribution in [0.1, 0.15) is 11.1 Å². The fourth-order valence-electron chi connectivity index (χ4n) is 3.58. The highest BCUT2D eigenvalue weighted by atomic mass is 16.5. The third kappa shape index (κ3) is 4.41. The third-order valence-corrected chi connectivity index (χ3v) is 5.34. The summed E-state index contributed by atoms with van der Waals surface area (Å²) in [5.41, 5.74) is 2.52. The molecule has 6 nitrogen and oxygen atoms in total. The van der Waals surface area contributed by atoms with Crippen LogP contribution < -0.4 is 24.4 Å². The van der Waals surface area contributed by atoms with E-state index in [4.69, 9.17) is 23.4 Å². The minimum atomic E-state index is -0.208. The fourth-order valence-corrected chi connectivity index (χ4v) is 3.58. The normalized spacial score (nSPS) is 11.0. The zero-order valence-corrected chi connectivity index (χ0v) is 18.9. The number of benzene rings is 3. The minimum Gasteiger partial charge on any atom is -0.497 e. The van der Waals surface area contributed by atoms with Crippen molar-refractivity contribution in [3.63, 3.8) is 0 Å². The number of rotatable bonds is 7. The Balaban J connectivity index is 1.91. The van der Waals surface area contributed by atoms with Crippen LogP contribution in [-0.2, 0) is 0 Å². The quantitative estimate of drug-likeness (QED) is 0.343. The molecule has 6 heteroatoms. The molecule has 1 heterocycles. The van der Waals surface area contributed by atoms with Crippen molar-refractivity contribution in [2.45, 2.75) is 0 Å². The summed E-state index contributed by atoms with van der Waals surface area (Å²) in [5, 5.41) is 0.352. The molecule has 0 bridgehead atoms. The predicted octanol–water partition coefficient (Wildman–Crippen LogP) is 5.66. The predicted molar refractivity (Wildman–Crippen MR) is 129 cm³/mol. The lowest BCUT2D eigenvalue weighted by molar-refractivity contribution is 0.395. The van der Waals surface area contributed by atoms with Gasteiger partial charge in [-0.3, -0.25) is 4.79 Å². The van der Waals surface area contributed by atoms with Crippen molar-refractivity contribution in [2.24, 2.45) is 0 Å². The lowest BCUT2D eigenvalue weighted by atomic mass is 10.0. The Morgan fingerprint density at radius 2 is 1.30 bits per heavy atom. The van der Waals surface area contributed by atoms with Crippen molar-refractivity contribution in [2.75, 3.05) is 28.4 Å². The molecule has 0 unspecified atom stereocenters. The summed E-state index contributed by atoms with van der Waals surface area (Å²) in [6.07, 6.45) is 3.78. The summed E-state index contributed by atoms with van der Waals surface area (Å²) in [4.78, 5) is 13.1. The van der Waals surface area contributed by atoms with Gasteiger partial charge in [0.25, 0.3) is 0 Å². The molecule has 0 atom stereocenters. The van der Waals surface area contributed by atoms with Crippen molar-refractivity contribution >= 4 is 23.1 Å². The Hall–Kier alpha value is -4.19. The van der Waals surface area contributed by atoms with Gasteiger partial charge in [0.2, 0.25) is 0 Å². The number of ether oxygens (including phenoxy) is 4. The molecule has 1 aromatic heterocycles. The van der Waals surface area contributed by atoms with Crippen LogP contribution in [0.2, 0.25) is 0 Å². The van der Waals surface area contributed by atoms with E-state index in [2.05, 4.69) is 0 Å². The van der Waals surface area contributed by atoms with Gasteiger partial charge in [0.1, 0.15) is 34.1 Å². The molecule has 0 saturated heterocycles. The second-order valence-corrected chi connectivity index (χ2v) is 7.21. The van der Waals surface area contributed by atoms with E-state index in [9.17, 15) is 4.79 Å². The lowest BCUT2D eigenvalue weighted by Crippen LogP contribution is -2.05. The van der Waals surface area contributed by atoms with E-state index in [0.29, 0.717) is 39.5 Å². The van der Waals surface area contributed by atoms with Crippen molar-refractivity contribution in [3.8, 4) is 34.3 Å². The summed E-state index contributed by atoms with van der Waals surface area (Å²) in [6.45, 7) is 0. The van der Waals surface area contributed by atoms with Gasteiger partial charge in [-0.25, -0.2) is 0 Å². The molecule has 33 heavy (non-hydrogen) atoms. The van der Waals surface area contributed by atoms with Gasteiger partial charge in [0.05, 0.1) is 34.0 Å². The van der Waals surface area contributed by atoms with Crippen LogP contribution in [0.25, 0.3) is 34.4 Å². The van der Waals surface area contributed by atoms with E-state index < -0.39 is 0 Å². The first kappa shape index (κ1) is 22.0. The van der Waals surface area contributed by atoms with E-state index in [-0.39, 0.29) is 5.43 Å². The van der Waals surface area contributed by atoms with E-state index in [1.54, 1.807) is 27.4 Å². The molecule has 0 saturated carbocycles. The zero-order valence-electron chi connectivity index (χ0n) is 18.9. The molecule has 0 aliphatic rings. The average Bonchev–Trinajstić information content (AvgIpc) is 2.87. The molecular weight excluding hydrogens is 420 g/mol. The standard InChI is InChI=1S/C27H24O6/c1-29-19-10-5-17(6-11-19)7-14-21-24(31-3)16-25(32-4)26-22(28)15-23(33-27(21)26)18-8-12-20(30-2)13-9-18/h5-16H,1-4H3/b14-7+. The molecule has 0 radical (unpaired) electrons. The number of methoxy groups -OCH3 is 4. The second kappa shape index (κ2) is 9.53. The summed E-state index contributed by atoms with van der Waals surface area (Å²) in [6, 6.07) is 18.1. The summed E-state index contributed by atoms with van der Waals surface area (Å²) < 4.78 is 27.8. The van der Waals surface area contributed by atoms with Crippen molar-refractivity contribution in [3.05, 3.63) is 82.0 Å². The number of hydrogen-bond acceptors (Lipinski definition) is 6. The molecule has 0 N–H and O–H groups in total. The maximum Gasteiger partial charge on any atom is 0.197 e. The Bertz CT molecular complexity index is 1350. The number of hydrogen-bond donors (Lipinski definition) is 0. The number of fused-ring (bicyclic) bond motifs is 1. The van der Waals surface area contributed by atoms with Crippen LogP contribution in [0.3, 0.4) is 0 Å². The van der Waals surface area contributed by atoms with Gasteiger partial charge in [-0.05, 0) is 48.0 Å². The van der Waals surface area contributed by atoms with Crippen LogP contribution in [0.15, 0.2) is 69.9 Å². The van der Waals surface area contributed by atoms with Gasteiger partial charge in [-0.1, -0.05) is 18.2 Å². The van der Waals surface area contributed by atoms with Crippen molar-refractivity contribution < 1.29 is 23.4 Å². The smallest absolute Gasteiger partial charge is 0.197 e. The molecule has 0 aliphatic heterocycles. The molecule has 0 aliphatic carbocycles. The van der Waals surface area contributed by atoms with Crippen LogP contribution in [0.5, 0.6) is 23.0 Å². The zero-order chi connectivity index (χ0) is 23.4. The highest BCUT2D eigenvalue weighted by Gasteiger charge is 2.18. The minimum absolute atomic E-state index is 0.208. The highest BCUT2D eigenvalue weighted by molar-refractivity contribution is 5.96. The first-order valence-corrected chi connectivity index (χ1v) is 10.3. The third-order valence-electron chi connectivity index (χ3n) is 5.34. The highest BCUT2D eigenvalue weighted by Crippen LogP contribution is 2.37. The molecule has 0 spiro atoms. The van der Waals surface area contributed by atoms with Crippen LogP contribution in [-0.4, -0.2) is 28.4 Å². The van der Waals surface area contributed by atoms with E-state index in [1.807, 2.05) is 60.7 Å². The Labute approximate surface area is 191 Å². The van der Waals surface area contributed by atoms with Gasteiger partial charge >= 0.3 is 0 Å². The monoisotopic (exact) mass is 444 g/mol. The van der Waals surface area contributed by atoms with Gasteiger partial charge in [-0.15, -0.1) is 0 Å². The summed E-state index contributed by atoms with van der Waals surface area (Å²) in [7, 11) is 6.31. The maximum absolute atomic E-state index is 13.1. The Kier molecular flexibility index (Phi) is 6.36. The van der Waals surface area contributed by atoms with Crippen LogP contribution in [0.4, 0.5) is 0 Å². The molecule has 168 valence electrons. The van der Waals surface area contributed by atoms with E-state index in [1.165, 1.54) is 13.2 Å². The molecule has 0 fully saturated rings. The molecule has 0 amide bonds. The van der Waals surface area contributed by atoms with E-state index in [0.717, 1.165) is 16.9 Å². The van der Waals surface area contributed by atoms with Crippen LogP contribution in [0, 0.1) is 0 Å². The van der Waals surface area contributed by atoms with Crippen molar-refractivity contribution in [1.82, 2.24) is 0 Å². The largest absolute Gasteiger partial charge is 0.497 e. The fraction of sp³-hybridized carbons (Fsp3) is 0.148. The molecule has 4 rings (SSSR count). The van der Waals surface area contributed by atoms with Gasteiger partial charge in [-0.2, -0.15) is 0 Å². The first-order chi connectivity index (χ1) is 16.1. The molecule has 4 aromatic rings. The Morgan fingerprint density at radius 1 is 0.697 bits per heavy atom. The molecular formula is C27H24O6. The lowest BCUT2D eigenvalue weighted by Gasteiger charge is -2.13. The average molecular weight is 444 g/mol. The Morgan fingerprint density at radius 3 is 1.88 bits per heavy atom. The van der Waals surface area contributed by atoms with Gasteiger partial charge < -0.3 is 23.4 Å². The summed E-state index contributed by atoms with van der Waals surface area (Å²) in [5.74, 6) is 2.84.